The summed E-state index contributed by atoms with van der Waals surface area (Å²) in [5.74, 6) is 0. The number of thiophene rings is 1. The van der Waals surface area contributed by atoms with Crippen LogP contribution in [0.25, 0.3) is 21.7 Å². The van der Waals surface area contributed by atoms with Gasteiger partial charge in [0.2, 0.25) is 0 Å². The highest BCUT2D eigenvalue weighted by molar-refractivity contribution is 7.16. The highest BCUT2D eigenvalue weighted by atomic mass is 32.1. The number of hydrogen-bond donors (Lipinski definition) is 1. The smallest absolute Gasteiger partial charge is 0.134 e. The Morgan fingerprint density at radius 1 is 1.12 bits per heavy atom. The number of aliphatic imine (C=N–C) groups is 1. The first kappa shape index (κ1) is 14.4. The van der Waals surface area contributed by atoms with Crippen LogP contribution in [0.3, 0.4) is 0 Å². The van der Waals surface area contributed by atoms with Gasteiger partial charge in [0.1, 0.15) is 11.1 Å². The van der Waals surface area contributed by atoms with Crippen LogP contribution in [-0.4, -0.2) is 11.2 Å². The van der Waals surface area contributed by atoms with E-state index in [9.17, 15) is 5.26 Å². The fourth-order valence-electron chi connectivity index (χ4n) is 3.73. The second kappa shape index (κ2) is 5.58. The molecule has 5 rings (SSSR count). The molecule has 0 radical (unpaired) electrons. The number of H-pyrrole nitrogens is 1. The predicted octanol–water partition coefficient (Wildman–Crippen LogP) is 5.49. The van der Waals surface area contributed by atoms with Crippen molar-refractivity contribution in [2.24, 2.45) is 4.99 Å². The molecule has 0 saturated heterocycles. The number of nitriles is 1. The van der Waals surface area contributed by atoms with Gasteiger partial charge in [-0.25, -0.2) is 4.99 Å². The lowest BCUT2D eigenvalue weighted by Crippen LogP contribution is -1.81. The molecule has 1 N–H and O–H groups in total. The van der Waals surface area contributed by atoms with Gasteiger partial charge in [-0.15, -0.1) is 11.3 Å². The highest BCUT2D eigenvalue weighted by Gasteiger charge is 2.21. The van der Waals surface area contributed by atoms with E-state index < -0.39 is 0 Å². The molecule has 1 aliphatic carbocycles. The number of aromatic nitrogens is 1. The molecule has 2 aromatic heterocycles. The zero-order valence-electron chi connectivity index (χ0n) is 13.5. The van der Waals surface area contributed by atoms with Crippen LogP contribution in [0.4, 0.5) is 5.00 Å². The first-order chi connectivity index (χ1) is 12.3. The summed E-state index contributed by atoms with van der Waals surface area (Å²) in [5.41, 5.74) is 4.19. The van der Waals surface area contributed by atoms with Crippen LogP contribution in [-0.2, 0) is 12.8 Å². The lowest BCUT2D eigenvalue weighted by Gasteiger charge is -1.99. The summed E-state index contributed by atoms with van der Waals surface area (Å²) in [5, 5.41) is 13.9. The molecule has 4 aromatic rings. The summed E-state index contributed by atoms with van der Waals surface area (Å²) < 4.78 is 0. The average molecular weight is 341 g/mol. The molecule has 0 saturated carbocycles. The second-order valence-corrected chi connectivity index (χ2v) is 7.44. The van der Waals surface area contributed by atoms with Crippen LogP contribution in [0, 0.1) is 11.3 Å². The summed E-state index contributed by atoms with van der Waals surface area (Å²) in [6.07, 6.45) is 7.14. The Hall–Kier alpha value is -2.90. The van der Waals surface area contributed by atoms with Crippen molar-refractivity contribution >= 4 is 44.2 Å². The van der Waals surface area contributed by atoms with Crippen molar-refractivity contribution in [3.63, 3.8) is 0 Å². The summed E-state index contributed by atoms with van der Waals surface area (Å²) in [7, 11) is 0. The second-order valence-electron chi connectivity index (χ2n) is 6.36. The number of nitrogens with zero attached hydrogens (tertiary/aromatic N) is 2. The van der Waals surface area contributed by atoms with Gasteiger partial charge in [0, 0.05) is 33.6 Å². The zero-order valence-corrected chi connectivity index (χ0v) is 14.4. The van der Waals surface area contributed by atoms with Crippen molar-refractivity contribution in [1.82, 2.24) is 4.98 Å². The van der Waals surface area contributed by atoms with Crippen molar-refractivity contribution < 1.29 is 0 Å². The average Bonchev–Trinajstić information content (AvgIpc) is 3.33. The Kier molecular flexibility index (Phi) is 3.22. The number of rotatable bonds is 2. The third kappa shape index (κ3) is 2.20. The fourth-order valence-corrected chi connectivity index (χ4v) is 4.91. The Morgan fingerprint density at radius 2 is 2.04 bits per heavy atom. The van der Waals surface area contributed by atoms with Crippen molar-refractivity contribution in [2.75, 3.05) is 0 Å². The number of benzene rings is 2. The summed E-state index contributed by atoms with van der Waals surface area (Å²) >= 11 is 1.67. The van der Waals surface area contributed by atoms with Gasteiger partial charge < -0.3 is 4.98 Å². The minimum atomic E-state index is 0.777. The number of aromatic amines is 1. The van der Waals surface area contributed by atoms with Crippen LogP contribution >= 0.6 is 11.3 Å². The van der Waals surface area contributed by atoms with Crippen molar-refractivity contribution in [3.05, 3.63) is 64.2 Å². The van der Waals surface area contributed by atoms with Crippen molar-refractivity contribution in [2.45, 2.75) is 19.3 Å². The van der Waals surface area contributed by atoms with Gasteiger partial charge in [0.15, 0.2) is 0 Å². The molecular weight excluding hydrogens is 326 g/mol. The van der Waals surface area contributed by atoms with E-state index in [0.717, 1.165) is 46.3 Å². The molecule has 0 spiro atoms. The van der Waals surface area contributed by atoms with E-state index in [1.54, 1.807) is 11.3 Å². The van der Waals surface area contributed by atoms with E-state index in [1.807, 2.05) is 12.4 Å². The van der Waals surface area contributed by atoms with Gasteiger partial charge in [-0.05, 0) is 30.2 Å². The lowest BCUT2D eigenvalue weighted by molar-refractivity contribution is 0.913. The maximum absolute atomic E-state index is 9.50. The first-order valence-electron chi connectivity index (χ1n) is 8.42. The number of hydrogen-bond acceptors (Lipinski definition) is 3. The molecule has 120 valence electrons. The molecule has 0 atom stereocenters. The molecule has 3 nitrogen and oxygen atoms in total. The SMILES string of the molecule is N#Cc1c(/N=C/c2c[nH]c3c2ccc2ccccc23)sc2c1CCC2. The minimum Gasteiger partial charge on any atom is -0.360 e. The minimum absolute atomic E-state index is 0.777. The van der Waals surface area contributed by atoms with Crippen LogP contribution in [0.5, 0.6) is 0 Å². The Labute approximate surface area is 149 Å². The number of fused-ring (bicyclic) bond motifs is 4. The molecule has 2 heterocycles. The van der Waals surface area contributed by atoms with E-state index in [1.165, 1.54) is 21.2 Å². The molecule has 2 aromatic carbocycles. The Balaban J connectivity index is 1.60. The third-order valence-electron chi connectivity index (χ3n) is 4.95. The zero-order chi connectivity index (χ0) is 16.8. The van der Waals surface area contributed by atoms with Gasteiger partial charge in [-0.3, -0.25) is 0 Å². The molecule has 0 aliphatic heterocycles. The summed E-state index contributed by atoms with van der Waals surface area (Å²) in [4.78, 5) is 9.39. The van der Waals surface area contributed by atoms with Gasteiger partial charge in [-0.1, -0.05) is 36.4 Å². The largest absolute Gasteiger partial charge is 0.360 e. The van der Waals surface area contributed by atoms with Gasteiger partial charge >= 0.3 is 0 Å². The maximum Gasteiger partial charge on any atom is 0.134 e. The van der Waals surface area contributed by atoms with E-state index in [4.69, 9.17) is 0 Å². The fraction of sp³-hybridized carbons (Fsp3) is 0.143. The van der Waals surface area contributed by atoms with E-state index >= 15 is 0 Å². The molecular formula is C21H15N3S. The standard InChI is InChI=1S/C21H15N3S/c22-10-18-17-6-3-7-19(17)25-21(18)24-12-14-11-23-20-15-5-2-1-4-13(15)8-9-16(14)20/h1-2,4-5,8-9,11-12,23H,3,6-7H2/b24-12+. The molecule has 25 heavy (non-hydrogen) atoms. The van der Waals surface area contributed by atoms with Gasteiger partial charge in [0.05, 0.1) is 11.1 Å². The maximum atomic E-state index is 9.50. The monoisotopic (exact) mass is 341 g/mol. The van der Waals surface area contributed by atoms with Gasteiger partial charge in [-0.2, -0.15) is 5.26 Å². The summed E-state index contributed by atoms with van der Waals surface area (Å²) in [6, 6.07) is 15.0. The molecule has 0 bridgehead atoms. The van der Waals surface area contributed by atoms with Gasteiger partial charge in [0.25, 0.3) is 0 Å². The van der Waals surface area contributed by atoms with E-state index in [2.05, 4.69) is 52.4 Å². The van der Waals surface area contributed by atoms with Crippen LogP contribution in [0.2, 0.25) is 0 Å². The lowest BCUT2D eigenvalue weighted by atomic mass is 10.1. The Bertz CT molecular complexity index is 1190. The summed E-state index contributed by atoms with van der Waals surface area (Å²) in [6.45, 7) is 0. The molecule has 0 unspecified atom stereocenters. The molecule has 4 heteroatoms. The van der Waals surface area contributed by atoms with Crippen LogP contribution < -0.4 is 0 Å². The van der Waals surface area contributed by atoms with E-state index in [-0.39, 0.29) is 0 Å². The molecule has 1 aliphatic rings. The third-order valence-corrected chi connectivity index (χ3v) is 6.15. The molecule has 0 amide bonds. The molecule has 0 fully saturated rings. The topological polar surface area (TPSA) is 51.9 Å². The first-order valence-corrected chi connectivity index (χ1v) is 9.24. The van der Waals surface area contributed by atoms with Crippen LogP contribution in [0.1, 0.15) is 28.0 Å². The van der Waals surface area contributed by atoms with Crippen molar-refractivity contribution in [1.29, 1.82) is 5.26 Å². The normalized spacial score (nSPS) is 13.7. The predicted molar refractivity (Wildman–Crippen MR) is 104 cm³/mol. The quantitative estimate of drug-likeness (QED) is 0.481. The number of nitrogens with one attached hydrogen (secondary N) is 1. The van der Waals surface area contributed by atoms with Crippen LogP contribution in [0.15, 0.2) is 47.6 Å². The highest BCUT2D eigenvalue weighted by Crippen LogP contribution is 2.40. The number of aryl methyl sites for hydroxylation is 1. The van der Waals surface area contributed by atoms with Crippen molar-refractivity contribution in [3.8, 4) is 6.07 Å². The van der Waals surface area contributed by atoms with E-state index in [0.29, 0.717) is 0 Å². The Morgan fingerprint density at radius 3 is 2.96 bits per heavy atom.